The number of nitrogens with zero attached hydrogens (tertiary/aromatic N) is 1. The fourth-order valence-electron chi connectivity index (χ4n) is 1.27. The highest BCUT2D eigenvalue weighted by molar-refractivity contribution is 7.91. The van der Waals surface area contributed by atoms with Crippen LogP contribution in [0.15, 0.2) is 0 Å². The Morgan fingerprint density at radius 1 is 1.18 bits per heavy atom. The van der Waals surface area contributed by atoms with Crippen LogP contribution in [-0.2, 0) is 19.9 Å². The first-order chi connectivity index (χ1) is 7.71. The lowest BCUT2D eigenvalue weighted by atomic mass is 10.6. The SMILES string of the molecule is CN(CCS(C)(=O)=O)S(=O)(=O)CCNC1CC1. The molecule has 0 aliphatic heterocycles. The number of hydrogen-bond acceptors (Lipinski definition) is 5. The third kappa shape index (κ3) is 6.35. The molecule has 102 valence electrons. The first kappa shape index (κ1) is 14.9. The highest BCUT2D eigenvalue weighted by Gasteiger charge is 2.23. The van der Waals surface area contributed by atoms with Crippen molar-refractivity contribution < 1.29 is 16.8 Å². The van der Waals surface area contributed by atoms with Gasteiger partial charge in [0.25, 0.3) is 0 Å². The maximum absolute atomic E-state index is 11.7. The second kappa shape index (κ2) is 5.64. The molecule has 0 radical (unpaired) electrons. The van der Waals surface area contributed by atoms with Crippen LogP contribution in [0.25, 0.3) is 0 Å². The van der Waals surface area contributed by atoms with Gasteiger partial charge in [-0.3, -0.25) is 0 Å². The Morgan fingerprint density at radius 3 is 2.24 bits per heavy atom. The van der Waals surface area contributed by atoms with Gasteiger partial charge < -0.3 is 5.32 Å². The Hall–Kier alpha value is -0.180. The summed E-state index contributed by atoms with van der Waals surface area (Å²) in [4.78, 5) is 0. The van der Waals surface area contributed by atoms with Crippen molar-refractivity contribution in [1.29, 1.82) is 0 Å². The molecule has 1 aliphatic rings. The summed E-state index contributed by atoms with van der Waals surface area (Å²) in [6.07, 6.45) is 3.33. The van der Waals surface area contributed by atoms with Gasteiger partial charge in [-0.2, -0.15) is 0 Å². The second-order valence-corrected chi connectivity index (χ2v) is 8.95. The van der Waals surface area contributed by atoms with Crippen LogP contribution in [-0.4, -0.2) is 65.1 Å². The van der Waals surface area contributed by atoms with Crippen LogP contribution in [0.5, 0.6) is 0 Å². The summed E-state index contributed by atoms with van der Waals surface area (Å²) in [5.41, 5.74) is 0. The largest absolute Gasteiger partial charge is 0.313 e. The summed E-state index contributed by atoms with van der Waals surface area (Å²) in [6.45, 7) is 0.445. The second-order valence-electron chi connectivity index (χ2n) is 4.50. The Kier molecular flexibility index (Phi) is 4.94. The predicted molar refractivity (Wildman–Crippen MR) is 67.2 cm³/mol. The van der Waals surface area contributed by atoms with Crippen LogP contribution in [0.1, 0.15) is 12.8 Å². The monoisotopic (exact) mass is 284 g/mol. The maximum atomic E-state index is 11.7. The Labute approximate surface area is 103 Å². The van der Waals surface area contributed by atoms with Crippen LogP contribution in [0, 0.1) is 0 Å². The average Bonchev–Trinajstić information content (AvgIpc) is 2.96. The molecule has 6 nitrogen and oxygen atoms in total. The van der Waals surface area contributed by atoms with Gasteiger partial charge in [-0.1, -0.05) is 0 Å². The molecule has 0 unspecified atom stereocenters. The van der Waals surface area contributed by atoms with Crippen LogP contribution in [0.3, 0.4) is 0 Å². The van der Waals surface area contributed by atoms with Gasteiger partial charge in [0.05, 0.1) is 11.5 Å². The van der Waals surface area contributed by atoms with Crippen molar-refractivity contribution in [1.82, 2.24) is 9.62 Å². The van der Waals surface area contributed by atoms with Gasteiger partial charge >= 0.3 is 0 Å². The van der Waals surface area contributed by atoms with E-state index < -0.39 is 19.9 Å². The molecule has 1 N–H and O–H groups in total. The van der Waals surface area contributed by atoms with E-state index in [-0.39, 0.29) is 18.1 Å². The Bertz CT molecular complexity index is 440. The first-order valence-electron chi connectivity index (χ1n) is 5.56. The molecule has 1 fully saturated rings. The van der Waals surface area contributed by atoms with Gasteiger partial charge in [0.15, 0.2) is 0 Å². The van der Waals surface area contributed by atoms with Gasteiger partial charge in [-0.05, 0) is 12.8 Å². The van der Waals surface area contributed by atoms with E-state index in [1.807, 2.05) is 0 Å². The molecule has 0 amide bonds. The van der Waals surface area contributed by atoms with E-state index in [0.717, 1.165) is 23.4 Å². The number of rotatable bonds is 8. The molecular formula is C9H20N2O4S2. The molecule has 0 aromatic carbocycles. The van der Waals surface area contributed by atoms with Crippen LogP contribution >= 0.6 is 0 Å². The number of nitrogens with one attached hydrogen (secondary N) is 1. The normalized spacial score (nSPS) is 17.6. The molecule has 0 bridgehead atoms. The lowest BCUT2D eigenvalue weighted by Crippen LogP contribution is -2.36. The molecular weight excluding hydrogens is 264 g/mol. The van der Waals surface area contributed by atoms with Crippen molar-refractivity contribution in [3.63, 3.8) is 0 Å². The van der Waals surface area contributed by atoms with Crippen molar-refractivity contribution in [3.8, 4) is 0 Å². The molecule has 8 heteroatoms. The van der Waals surface area contributed by atoms with E-state index in [4.69, 9.17) is 0 Å². The van der Waals surface area contributed by atoms with Gasteiger partial charge in [0, 0.05) is 32.4 Å². The fourth-order valence-corrected chi connectivity index (χ4v) is 3.05. The molecule has 0 heterocycles. The summed E-state index contributed by atoms with van der Waals surface area (Å²) in [7, 11) is -5.06. The molecule has 0 spiro atoms. The molecule has 1 rings (SSSR count). The lowest BCUT2D eigenvalue weighted by Gasteiger charge is -2.16. The molecule has 1 saturated carbocycles. The van der Waals surface area contributed by atoms with E-state index in [1.54, 1.807) is 0 Å². The van der Waals surface area contributed by atoms with Crippen LogP contribution in [0.2, 0.25) is 0 Å². The highest BCUT2D eigenvalue weighted by atomic mass is 32.2. The molecule has 0 atom stereocenters. The minimum absolute atomic E-state index is 0.0176. The maximum Gasteiger partial charge on any atom is 0.215 e. The molecule has 0 aromatic heterocycles. The summed E-state index contributed by atoms with van der Waals surface area (Å²) in [5.74, 6) is -0.122. The van der Waals surface area contributed by atoms with Crippen LogP contribution in [0.4, 0.5) is 0 Å². The van der Waals surface area contributed by atoms with Crippen molar-refractivity contribution >= 4 is 19.9 Å². The van der Waals surface area contributed by atoms with Crippen LogP contribution < -0.4 is 5.32 Å². The van der Waals surface area contributed by atoms with Crippen molar-refractivity contribution in [2.75, 3.05) is 37.9 Å². The van der Waals surface area contributed by atoms with E-state index in [2.05, 4.69) is 5.32 Å². The minimum Gasteiger partial charge on any atom is -0.313 e. The molecule has 1 aliphatic carbocycles. The van der Waals surface area contributed by atoms with E-state index in [1.165, 1.54) is 7.05 Å². The average molecular weight is 284 g/mol. The Morgan fingerprint density at radius 2 is 1.76 bits per heavy atom. The zero-order valence-electron chi connectivity index (χ0n) is 10.2. The number of hydrogen-bond donors (Lipinski definition) is 1. The Balaban J connectivity index is 2.33. The fraction of sp³-hybridized carbons (Fsp3) is 1.00. The van der Waals surface area contributed by atoms with Crippen molar-refractivity contribution in [3.05, 3.63) is 0 Å². The van der Waals surface area contributed by atoms with E-state index in [9.17, 15) is 16.8 Å². The van der Waals surface area contributed by atoms with E-state index >= 15 is 0 Å². The van der Waals surface area contributed by atoms with Gasteiger partial charge in [-0.15, -0.1) is 0 Å². The smallest absolute Gasteiger partial charge is 0.215 e. The molecule has 17 heavy (non-hydrogen) atoms. The third-order valence-corrected chi connectivity index (χ3v) is 5.40. The summed E-state index contributed by atoms with van der Waals surface area (Å²) < 4.78 is 46.5. The minimum atomic E-state index is -3.34. The lowest BCUT2D eigenvalue weighted by molar-refractivity contribution is 0.482. The first-order valence-corrected chi connectivity index (χ1v) is 9.23. The quantitative estimate of drug-likeness (QED) is 0.621. The van der Waals surface area contributed by atoms with Crippen molar-refractivity contribution in [2.45, 2.75) is 18.9 Å². The van der Waals surface area contributed by atoms with Gasteiger partial charge in [0.2, 0.25) is 10.0 Å². The highest BCUT2D eigenvalue weighted by Crippen LogP contribution is 2.18. The summed E-state index contributed by atoms with van der Waals surface area (Å²) in [5, 5.41) is 3.12. The summed E-state index contributed by atoms with van der Waals surface area (Å²) >= 11 is 0. The van der Waals surface area contributed by atoms with Gasteiger partial charge in [-0.25, -0.2) is 21.1 Å². The zero-order valence-corrected chi connectivity index (χ0v) is 11.8. The number of sulfonamides is 1. The standard InChI is InChI=1S/C9H20N2O4S2/c1-11(6-8-16(2,12)13)17(14,15)7-5-10-9-3-4-9/h9-10H,3-8H2,1-2H3. The molecule has 0 aromatic rings. The zero-order chi connectivity index (χ0) is 13.1. The van der Waals surface area contributed by atoms with Crippen molar-refractivity contribution in [2.24, 2.45) is 0 Å². The third-order valence-electron chi connectivity index (χ3n) is 2.62. The predicted octanol–water partition coefficient (Wildman–Crippen LogP) is -0.955. The van der Waals surface area contributed by atoms with Gasteiger partial charge in [0.1, 0.15) is 9.84 Å². The molecule has 0 saturated heterocycles. The van der Waals surface area contributed by atoms with E-state index in [0.29, 0.717) is 12.6 Å². The topological polar surface area (TPSA) is 83.6 Å². The summed E-state index contributed by atoms with van der Waals surface area (Å²) in [6, 6.07) is 0.478. The number of sulfone groups is 1.